The molecule has 0 saturated heterocycles. The van der Waals surface area contributed by atoms with Gasteiger partial charge in [0.1, 0.15) is 0 Å². The van der Waals surface area contributed by atoms with E-state index in [9.17, 15) is 0 Å². The van der Waals surface area contributed by atoms with Crippen LogP contribution in [-0.2, 0) is 29.2 Å². The molecule has 2 aromatic carbocycles. The number of nitrogens with zero attached hydrogens (tertiary/aromatic N) is 3. The Labute approximate surface area is 180 Å². The highest BCUT2D eigenvalue weighted by molar-refractivity contribution is 5.27. The van der Waals surface area contributed by atoms with E-state index in [-0.39, 0.29) is 5.92 Å². The fourth-order valence-corrected chi connectivity index (χ4v) is 3.54. The van der Waals surface area contributed by atoms with E-state index in [1.165, 1.54) is 11.1 Å². The van der Waals surface area contributed by atoms with Crippen molar-refractivity contribution in [2.75, 3.05) is 13.2 Å². The van der Waals surface area contributed by atoms with Gasteiger partial charge in [0.25, 0.3) is 0 Å². The highest BCUT2D eigenvalue weighted by Gasteiger charge is 2.21. The summed E-state index contributed by atoms with van der Waals surface area (Å²) in [5, 5.41) is 8.75. The van der Waals surface area contributed by atoms with Gasteiger partial charge in [-0.1, -0.05) is 80.6 Å². The normalized spacial score (nSPS) is 12.4. The number of hydrogen-bond acceptors (Lipinski definition) is 4. The Hall–Kier alpha value is -2.50. The summed E-state index contributed by atoms with van der Waals surface area (Å²) < 4.78 is 13.3. The summed E-state index contributed by atoms with van der Waals surface area (Å²) in [6.07, 6.45) is 3.09. The van der Waals surface area contributed by atoms with Crippen LogP contribution in [-0.4, -0.2) is 28.2 Å². The van der Waals surface area contributed by atoms with Gasteiger partial charge in [-0.25, -0.2) is 4.68 Å². The van der Waals surface area contributed by atoms with Crippen molar-refractivity contribution in [1.29, 1.82) is 0 Å². The van der Waals surface area contributed by atoms with Gasteiger partial charge in [0.2, 0.25) is 0 Å². The maximum Gasteiger partial charge on any atom is 0.0904 e. The van der Waals surface area contributed by atoms with Gasteiger partial charge in [-0.05, 0) is 29.0 Å². The predicted octanol–water partition coefficient (Wildman–Crippen LogP) is 5.21. The van der Waals surface area contributed by atoms with Crippen LogP contribution >= 0.6 is 0 Å². The highest BCUT2D eigenvalue weighted by Crippen LogP contribution is 2.30. The second-order valence-electron chi connectivity index (χ2n) is 7.96. The molecule has 0 spiro atoms. The summed E-state index contributed by atoms with van der Waals surface area (Å²) in [6.45, 7) is 9.92. The number of ether oxygens (including phenoxy) is 2. The van der Waals surface area contributed by atoms with E-state index in [1.807, 2.05) is 16.9 Å². The number of hydrogen-bond donors (Lipinski definition) is 0. The lowest BCUT2D eigenvalue weighted by Crippen LogP contribution is -2.09. The minimum absolute atomic E-state index is 0.251. The third kappa shape index (κ3) is 6.51. The number of rotatable bonds is 12. The van der Waals surface area contributed by atoms with E-state index >= 15 is 0 Å². The average Bonchev–Trinajstić information content (AvgIpc) is 3.21. The van der Waals surface area contributed by atoms with Crippen LogP contribution in [0.5, 0.6) is 0 Å². The minimum Gasteiger partial charge on any atom is -0.377 e. The maximum atomic E-state index is 5.84. The Bertz CT molecular complexity index is 860. The Balaban J connectivity index is 1.46. The topological polar surface area (TPSA) is 49.2 Å². The smallest absolute Gasteiger partial charge is 0.0904 e. The molecule has 1 aromatic heterocycles. The van der Waals surface area contributed by atoms with Crippen molar-refractivity contribution < 1.29 is 9.47 Å². The molecular weight excluding hydrogens is 374 g/mol. The first-order valence-electron chi connectivity index (χ1n) is 10.9. The molecule has 1 unspecified atom stereocenters. The molecule has 0 aliphatic rings. The SMILES string of the molecule is CCCOCc1ccc(COCCn2cc(C(c3ccccc3)C(C)C)nn2)cc1. The van der Waals surface area contributed by atoms with Crippen LogP contribution in [0.3, 0.4) is 0 Å². The Morgan fingerprint density at radius 1 is 0.867 bits per heavy atom. The van der Waals surface area contributed by atoms with Crippen molar-refractivity contribution in [3.05, 3.63) is 83.2 Å². The van der Waals surface area contributed by atoms with Crippen LogP contribution in [0.1, 0.15) is 55.5 Å². The van der Waals surface area contributed by atoms with Crippen LogP contribution < -0.4 is 0 Å². The third-order valence-electron chi connectivity index (χ3n) is 5.07. The van der Waals surface area contributed by atoms with Crippen molar-refractivity contribution in [3.8, 4) is 0 Å². The Kier molecular flexibility index (Phi) is 8.60. The first-order chi connectivity index (χ1) is 14.7. The van der Waals surface area contributed by atoms with E-state index in [0.717, 1.165) is 24.3 Å². The van der Waals surface area contributed by atoms with Crippen molar-refractivity contribution in [1.82, 2.24) is 15.0 Å². The molecule has 0 bridgehead atoms. The molecule has 0 aliphatic carbocycles. The van der Waals surface area contributed by atoms with E-state index in [0.29, 0.717) is 32.3 Å². The van der Waals surface area contributed by atoms with Gasteiger partial charge in [0, 0.05) is 18.7 Å². The summed E-state index contributed by atoms with van der Waals surface area (Å²) in [5.74, 6) is 0.699. The lowest BCUT2D eigenvalue weighted by atomic mass is 9.86. The second-order valence-corrected chi connectivity index (χ2v) is 7.96. The molecule has 0 aliphatic heterocycles. The summed E-state index contributed by atoms with van der Waals surface area (Å²) in [6, 6.07) is 18.9. The molecule has 0 radical (unpaired) electrons. The lowest BCUT2D eigenvalue weighted by molar-refractivity contribution is 0.110. The molecule has 30 heavy (non-hydrogen) atoms. The average molecular weight is 408 g/mol. The van der Waals surface area contributed by atoms with E-state index < -0.39 is 0 Å². The van der Waals surface area contributed by atoms with Crippen LogP contribution in [0.25, 0.3) is 0 Å². The Morgan fingerprint density at radius 2 is 1.50 bits per heavy atom. The third-order valence-corrected chi connectivity index (χ3v) is 5.07. The molecule has 0 amide bonds. The first kappa shape index (κ1) is 22.2. The summed E-state index contributed by atoms with van der Waals surface area (Å²) in [5.41, 5.74) is 4.65. The summed E-state index contributed by atoms with van der Waals surface area (Å²) >= 11 is 0. The standard InChI is InChI=1S/C25H33N3O2/c1-4-15-29-18-21-10-12-22(13-11-21)19-30-16-14-28-17-24(26-27-28)25(20(2)3)23-8-6-5-7-9-23/h5-13,17,20,25H,4,14-16,18-19H2,1-3H3. The number of aromatic nitrogens is 3. The van der Waals surface area contributed by atoms with Gasteiger partial charge in [-0.15, -0.1) is 5.10 Å². The summed E-state index contributed by atoms with van der Waals surface area (Å²) in [7, 11) is 0. The molecule has 160 valence electrons. The number of benzene rings is 2. The molecule has 0 fully saturated rings. The molecule has 5 heteroatoms. The first-order valence-corrected chi connectivity index (χ1v) is 10.9. The molecular formula is C25H33N3O2. The van der Waals surface area contributed by atoms with Crippen LogP contribution in [0, 0.1) is 5.92 Å². The Morgan fingerprint density at radius 3 is 2.10 bits per heavy atom. The van der Waals surface area contributed by atoms with E-state index in [2.05, 4.69) is 79.6 Å². The monoisotopic (exact) mass is 407 g/mol. The van der Waals surface area contributed by atoms with Gasteiger partial charge >= 0.3 is 0 Å². The summed E-state index contributed by atoms with van der Waals surface area (Å²) in [4.78, 5) is 0. The van der Waals surface area contributed by atoms with Crippen molar-refractivity contribution in [2.24, 2.45) is 5.92 Å². The van der Waals surface area contributed by atoms with Crippen LogP contribution in [0.4, 0.5) is 0 Å². The molecule has 1 heterocycles. The zero-order valence-electron chi connectivity index (χ0n) is 18.3. The van der Waals surface area contributed by atoms with Gasteiger partial charge in [0.15, 0.2) is 0 Å². The van der Waals surface area contributed by atoms with Crippen molar-refractivity contribution in [2.45, 2.75) is 52.9 Å². The zero-order valence-corrected chi connectivity index (χ0v) is 18.3. The van der Waals surface area contributed by atoms with Gasteiger partial charge in [-0.3, -0.25) is 0 Å². The van der Waals surface area contributed by atoms with Gasteiger partial charge in [-0.2, -0.15) is 0 Å². The van der Waals surface area contributed by atoms with Gasteiger partial charge in [0.05, 0.1) is 32.1 Å². The fraction of sp³-hybridized carbons (Fsp3) is 0.440. The predicted molar refractivity (Wildman–Crippen MR) is 119 cm³/mol. The molecule has 0 saturated carbocycles. The lowest BCUT2D eigenvalue weighted by Gasteiger charge is -2.18. The van der Waals surface area contributed by atoms with Crippen LogP contribution in [0.15, 0.2) is 60.8 Å². The van der Waals surface area contributed by atoms with Gasteiger partial charge < -0.3 is 9.47 Å². The van der Waals surface area contributed by atoms with Crippen molar-refractivity contribution >= 4 is 0 Å². The molecule has 0 N–H and O–H groups in total. The van der Waals surface area contributed by atoms with E-state index in [1.54, 1.807) is 0 Å². The van der Waals surface area contributed by atoms with E-state index in [4.69, 9.17) is 9.47 Å². The molecule has 3 aromatic rings. The highest BCUT2D eigenvalue weighted by atomic mass is 16.5. The second kappa shape index (κ2) is 11.6. The maximum absolute atomic E-state index is 5.84. The molecule has 5 nitrogen and oxygen atoms in total. The largest absolute Gasteiger partial charge is 0.377 e. The quantitative estimate of drug-likeness (QED) is 0.387. The molecule has 1 atom stereocenters. The zero-order chi connectivity index (χ0) is 21.2. The fourth-order valence-electron chi connectivity index (χ4n) is 3.54. The minimum atomic E-state index is 0.251. The molecule has 3 rings (SSSR count). The van der Waals surface area contributed by atoms with Crippen LogP contribution in [0.2, 0.25) is 0 Å². The van der Waals surface area contributed by atoms with Crippen molar-refractivity contribution in [3.63, 3.8) is 0 Å².